The fourth-order valence-corrected chi connectivity index (χ4v) is 4.17. The number of hydrogen-bond donors (Lipinski definition) is 1. The number of carbonyl (C=O) groups excluding carboxylic acids is 1. The first-order valence-electron chi connectivity index (χ1n) is 9.07. The van der Waals surface area contributed by atoms with E-state index in [1.165, 1.54) is 12.1 Å². The molecular formula is C20H24N2O4S. The molecule has 0 aliphatic carbocycles. The molecule has 1 aliphatic rings. The molecule has 0 aromatic heterocycles. The number of nitrogens with one attached hydrogen (secondary N) is 1. The molecule has 0 atom stereocenters. The van der Waals surface area contributed by atoms with Crippen LogP contribution in [-0.4, -0.2) is 27.5 Å². The van der Waals surface area contributed by atoms with Crippen LogP contribution < -0.4 is 14.4 Å². The van der Waals surface area contributed by atoms with E-state index in [0.29, 0.717) is 31.0 Å². The van der Waals surface area contributed by atoms with Crippen LogP contribution in [0.3, 0.4) is 0 Å². The van der Waals surface area contributed by atoms with Gasteiger partial charge in [0.15, 0.2) is 0 Å². The van der Waals surface area contributed by atoms with E-state index >= 15 is 0 Å². The maximum absolute atomic E-state index is 12.7. The number of amides is 1. The van der Waals surface area contributed by atoms with Gasteiger partial charge in [0.2, 0.25) is 5.91 Å². The summed E-state index contributed by atoms with van der Waals surface area (Å²) in [6.45, 7) is 4.97. The zero-order valence-electron chi connectivity index (χ0n) is 15.6. The van der Waals surface area contributed by atoms with Gasteiger partial charge in [-0.15, -0.1) is 0 Å². The normalized spacial score (nSPS) is 14.9. The Morgan fingerprint density at radius 3 is 2.52 bits per heavy atom. The molecule has 3 rings (SSSR count). The molecule has 6 nitrogen and oxygen atoms in total. The van der Waals surface area contributed by atoms with Crippen molar-refractivity contribution in [3.63, 3.8) is 0 Å². The van der Waals surface area contributed by atoms with Gasteiger partial charge in [0.1, 0.15) is 5.75 Å². The molecule has 7 heteroatoms. The second-order valence-electron chi connectivity index (χ2n) is 6.51. The minimum atomic E-state index is -3.73. The summed E-state index contributed by atoms with van der Waals surface area (Å²) < 4.78 is 33.3. The van der Waals surface area contributed by atoms with Crippen LogP contribution in [0.5, 0.6) is 5.75 Å². The molecule has 1 aliphatic heterocycles. The lowest BCUT2D eigenvalue weighted by atomic mass is 10.1. The molecule has 0 spiro atoms. The molecule has 0 radical (unpaired) electrons. The molecule has 0 unspecified atom stereocenters. The largest absolute Gasteiger partial charge is 0.494 e. The second kappa shape index (κ2) is 8.00. The Hall–Kier alpha value is -2.54. The topological polar surface area (TPSA) is 75.7 Å². The molecule has 1 fully saturated rings. The first kappa shape index (κ1) is 19.2. The van der Waals surface area contributed by atoms with Crippen molar-refractivity contribution < 1.29 is 17.9 Å². The maximum Gasteiger partial charge on any atom is 0.261 e. The molecule has 0 bridgehead atoms. The van der Waals surface area contributed by atoms with Crippen molar-refractivity contribution in [3.8, 4) is 5.75 Å². The Balaban J connectivity index is 1.84. The van der Waals surface area contributed by atoms with Crippen molar-refractivity contribution in [1.82, 2.24) is 0 Å². The van der Waals surface area contributed by atoms with Gasteiger partial charge in [-0.2, -0.15) is 0 Å². The summed E-state index contributed by atoms with van der Waals surface area (Å²) in [7, 11) is -3.73. The van der Waals surface area contributed by atoms with Crippen LogP contribution in [-0.2, 0) is 14.8 Å². The third-order valence-corrected chi connectivity index (χ3v) is 5.92. The van der Waals surface area contributed by atoms with Crippen molar-refractivity contribution >= 4 is 27.3 Å². The predicted molar refractivity (Wildman–Crippen MR) is 106 cm³/mol. The lowest BCUT2D eigenvalue weighted by Crippen LogP contribution is -2.35. The molecule has 2 aromatic carbocycles. The third kappa shape index (κ3) is 4.42. The molecule has 1 heterocycles. The minimum Gasteiger partial charge on any atom is -0.494 e. The number of ether oxygens (including phenoxy) is 1. The first-order valence-corrected chi connectivity index (χ1v) is 10.6. The van der Waals surface area contributed by atoms with Crippen LogP contribution in [0, 0.1) is 6.92 Å². The van der Waals surface area contributed by atoms with E-state index in [4.69, 9.17) is 4.74 Å². The van der Waals surface area contributed by atoms with Gasteiger partial charge in [0, 0.05) is 18.7 Å². The fraction of sp³-hybridized carbons (Fsp3) is 0.350. The van der Waals surface area contributed by atoms with E-state index in [-0.39, 0.29) is 10.8 Å². The minimum absolute atomic E-state index is 0.0795. The lowest BCUT2D eigenvalue weighted by Gasteiger charge is -2.28. The van der Waals surface area contributed by atoms with Crippen molar-refractivity contribution in [1.29, 1.82) is 0 Å². The van der Waals surface area contributed by atoms with Crippen LogP contribution in [0.1, 0.15) is 31.7 Å². The number of sulfonamides is 1. The van der Waals surface area contributed by atoms with Crippen LogP contribution in [0.2, 0.25) is 0 Å². The average Bonchev–Trinajstić information content (AvgIpc) is 2.64. The van der Waals surface area contributed by atoms with E-state index in [9.17, 15) is 13.2 Å². The standard InChI is InChI=1S/C20H24N2O4S/c1-3-26-17-9-11-18(12-10-17)27(24,25)21-16-8-7-15(2)19(14-16)22-13-5-4-6-20(22)23/h7-12,14,21H,3-6,13H2,1-2H3. The number of aryl methyl sites for hydroxylation is 1. The van der Waals surface area contributed by atoms with Gasteiger partial charge in [-0.05, 0) is 68.7 Å². The number of anilines is 2. The number of carbonyl (C=O) groups is 1. The van der Waals surface area contributed by atoms with Gasteiger partial charge in [-0.1, -0.05) is 6.07 Å². The van der Waals surface area contributed by atoms with E-state index in [1.807, 2.05) is 19.9 Å². The zero-order valence-corrected chi connectivity index (χ0v) is 16.4. The molecular weight excluding hydrogens is 364 g/mol. The highest BCUT2D eigenvalue weighted by atomic mass is 32.2. The molecule has 144 valence electrons. The molecule has 0 saturated carbocycles. The summed E-state index contributed by atoms with van der Waals surface area (Å²) in [5, 5.41) is 0. The molecule has 2 aromatic rings. The lowest BCUT2D eigenvalue weighted by molar-refractivity contribution is -0.119. The van der Waals surface area contributed by atoms with Crippen molar-refractivity contribution in [2.24, 2.45) is 0 Å². The van der Waals surface area contributed by atoms with Gasteiger partial charge in [0.05, 0.1) is 17.2 Å². The molecule has 1 N–H and O–H groups in total. The highest BCUT2D eigenvalue weighted by Crippen LogP contribution is 2.29. The van der Waals surface area contributed by atoms with Crippen molar-refractivity contribution in [2.75, 3.05) is 22.8 Å². The number of rotatable bonds is 6. The number of benzene rings is 2. The van der Waals surface area contributed by atoms with E-state index < -0.39 is 10.0 Å². The Kier molecular flexibility index (Phi) is 5.70. The fourth-order valence-electron chi connectivity index (χ4n) is 3.12. The summed E-state index contributed by atoms with van der Waals surface area (Å²) in [6.07, 6.45) is 2.38. The summed E-state index contributed by atoms with van der Waals surface area (Å²) in [6, 6.07) is 11.5. The highest BCUT2D eigenvalue weighted by Gasteiger charge is 2.22. The smallest absolute Gasteiger partial charge is 0.261 e. The summed E-state index contributed by atoms with van der Waals surface area (Å²) >= 11 is 0. The number of piperidine rings is 1. The van der Waals surface area contributed by atoms with Crippen LogP contribution >= 0.6 is 0 Å². The molecule has 1 amide bonds. The average molecular weight is 388 g/mol. The number of hydrogen-bond acceptors (Lipinski definition) is 4. The summed E-state index contributed by atoms with van der Waals surface area (Å²) in [4.78, 5) is 14.1. The summed E-state index contributed by atoms with van der Waals surface area (Å²) in [5.41, 5.74) is 2.13. The zero-order chi connectivity index (χ0) is 19.4. The van der Waals surface area contributed by atoms with Crippen molar-refractivity contribution in [3.05, 3.63) is 48.0 Å². The van der Waals surface area contributed by atoms with Crippen LogP contribution in [0.15, 0.2) is 47.4 Å². The van der Waals surface area contributed by atoms with Crippen LogP contribution in [0.4, 0.5) is 11.4 Å². The van der Waals surface area contributed by atoms with Crippen molar-refractivity contribution in [2.45, 2.75) is 38.0 Å². The van der Waals surface area contributed by atoms with E-state index in [1.54, 1.807) is 29.2 Å². The van der Waals surface area contributed by atoms with Gasteiger partial charge in [0.25, 0.3) is 10.0 Å². The Bertz CT molecular complexity index is 923. The maximum atomic E-state index is 12.7. The number of nitrogens with zero attached hydrogens (tertiary/aromatic N) is 1. The van der Waals surface area contributed by atoms with Gasteiger partial charge < -0.3 is 9.64 Å². The van der Waals surface area contributed by atoms with E-state index in [0.717, 1.165) is 24.1 Å². The SMILES string of the molecule is CCOc1ccc(S(=O)(=O)Nc2ccc(C)c(N3CCCCC3=O)c2)cc1. The van der Waals surface area contributed by atoms with Gasteiger partial charge in [-0.3, -0.25) is 9.52 Å². The molecule has 1 saturated heterocycles. The second-order valence-corrected chi connectivity index (χ2v) is 8.20. The predicted octanol–water partition coefficient (Wildman–Crippen LogP) is 3.71. The Labute approximate surface area is 160 Å². The van der Waals surface area contributed by atoms with E-state index in [2.05, 4.69) is 4.72 Å². The first-order chi connectivity index (χ1) is 12.9. The van der Waals surface area contributed by atoms with Gasteiger partial charge >= 0.3 is 0 Å². The third-order valence-electron chi connectivity index (χ3n) is 4.52. The van der Waals surface area contributed by atoms with Crippen LogP contribution in [0.25, 0.3) is 0 Å². The molecule has 27 heavy (non-hydrogen) atoms. The Morgan fingerprint density at radius 1 is 1.11 bits per heavy atom. The highest BCUT2D eigenvalue weighted by molar-refractivity contribution is 7.92. The summed E-state index contributed by atoms with van der Waals surface area (Å²) in [5.74, 6) is 0.702. The quantitative estimate of drug-likeness (QED) is 0.818. The van der Waals surface area contributed by atoms with Gasteiger partial charge in [-0.25, -0.2) is 8.42 Å². The Morgan fingerprint density at radius 2 is 1.85 bits per heavy atom. The monoisotopic (exact) mass is 388 g/mol.